The molecule has 0 spiro atoms. The van der Waals surface area contributed by atoms with Crippen LogP contribution in [0.15, 0.2) is 126 Å². The minimum atomic E-state index is -5.18. The molecule has 0 atom stereocenters. The molecule has 0 aliphatic carbocycles. The van der Waals surface area contributed by atoms with Crippen LogP contribution in [0.2, 0.25) is 0 Å². The van der Waals surface area contributed by atoms with Gasteiger partial charge in [-0.25, -0.2) is 0 Å². The average Bonchev–Trinajstić information content (AvgIpc) is 3.26. The van der Waals surface area contributed by atoms with E-state index in [1.54, 1.807) is 48.5 Å². The fraction of sp³-hybridized carbons (Fsp3) is 0. The molecule has 0 unspecified atom stereocenters. The molecule has 0 aliphatic rings. The summed E-state index contributed by atoms with van der Waals surface area (Å²) in [6.45, 7) is 0. The summed E-state index contributed by atoms with van der Waals surface area (Å²) in [5, 5.41) is 6.91. The van der Waals surface area contributed by atoms with Crippen LogP contribution in [0.4, 0.5) is 11.4 Å². The van der Waals surface area contributed by atoms with Crippen LogP contribution < -0.4 is 27.5 Å². The van der Waals surface area contributed by atoms with Crippen molar-refractivity contribution < 1.29 is 68.6 Å². The Morgan fingerprint density at radius 1 is 0.375 bits per heavy atom. The van der Waals surface area contributed by atoms with E-state index in [2.05, 4.69) is 10.3 Å². The van der Waals surface area contributed by atoms with Gasteiger partial charge in [0.15, 0.2) is 28.4 Å². The van der Waals surface area contributed by atoms with Gasteiger partial charge in [0.25, 0.3) is 0 Å². The van der Waals surface area contributed by atoms with Gasteiger partial charge in [-0.15, -0.1) is 0 Å². The normalized spacial score (nSPS) is 12.2. The number of pyridine rings is 1. The second-order valence-electron chi connectivity index (χ2n) is 15.5. The van der Waals surface area contributed by atoms with E-state index < -0.39 is 52.8 Å². The Labute approximate surface area is 495 Å². The summed E-state index contributed by atoms with van der Waals surface area (Å²) in [5.74, 6) is -1.51. The molecule has 10 aromatic carbocycles. The van der Waals surface area contributed by atoms with Gasteiger partial charge in [0.1, 0.15) is 0 Å². The van der Waals surface area contributed by atoms with Crippen molar-refractivity contribution in [1.29, 1.82) is 0 Å². The summed E-state index contributed by atoms with van der Waals surface area (Å²) in [6.07, 6.45) is 0. The maximum absolute atomic E-state index is 14.6. The summed E-state index contributed by atoms with van der Waals surface area (Å²) >= 11 is 0. The molecule has 0 bridgehead atoms. The molecule has 27 heteroatoms. The van der Waals surface area contributed by atoms with Crippen LogP contribution in [-0.2, 0) is 41.6 Å². The van der Waals surface area contributed by atoms with Crippen molar-refractivity contribution in [3.63, 3.8) is 0 Å². The topological polar surface area (TPSA) is 299 Å². The van der Waals surface area contributed by atoms with Gasteiger partial charge in [0.2, 0.25) is 0 Å². The third-order valence-electron chi connectivity index (χ3n) is 11.6. The first-order valence-electron chi connectivity index (χ1n) is 19.6. The van der Waals surface area contributed by atoms with Gasteiger partial charge in [-0.3, -0.25) is 23.0 Å². The van der Waals surface area contributed by atoms with E-state index in [9.17, 15) is 56.7 Å². The molecule has 0 saturated heterocycles. The third kappa shape index (κ3) is 10.0. The van der Waals surface area contributed by atoms with Crippen molar-refractivity contribution in [3.8, 4) is 23.0 Å². The van der Waals surface area contributed by atoms with Gasteiger partial charge < -0.3 is 27.0 Å². The number of rotatable bonds is 10. The molecule has 11 aromatic rings. The molecule has 346 valence electrons. The number of hydrogen-bond acceptors (Lipinski definition) is 14. The number of fused-ring (bicyclic) bond motifs is 9. The van der Waals surface area contributed by atoms with Gasteiger partial charge in [0, 0.05) is 189 Å². The van der Waals surface area contributed by atoms with E-state index >= 15 is 0 Å². The Morgan fingerprint density at radius 2 is 0.792 bits per heavy atom. The number of benzene rings is 10. The molecule has 1 aromatic heterocycles. The smallest absolute Gasteiger partial charge is 0.360 e. The van der Waals surface area contributed by atoms with E-state index in [1.807, 2.05) is 0 Å². The molecule has 0 aliphatic heterocycles. The Bertz CT molecular complexity index is 4640. The standard InChI is InChI=1S/C45H26N2O17S4.4Na/c48-41-30-16-14-24-25-15-17-32-39(45(64-68(58,59)60)29-9-4-2-7-27(29)43(32)62-66(52,53)54)40(25)47-35-19-18-23(36(30)37(24)35)22-13-12-21(20-33(22)41)46-34-11-5-10-31-38(34)44(63-67(55,56)57)28-8-3-1-6-26(28)42(31)61-65(49,50)51;;;;/h1-20,46-47H,(H,49,50,51)(H,52,53,54)(H,55,56,57)(H,58,59,60);;;;. The van der Waals surface area contributed by atoms with Crippen molar-refractivity contribution in [1.82, 2.24) is 4.98 Å². The maximum atomic E-state index is 14.6. The summed E-state index contributed by atoms with van der Waals surface area (Å²) in [7, 11) is -20.6. The molecule has 11 rings (SSSR count). The van der Waals surface area contributed by atoms with Gasteiger partial charge in [-0.2, -0.15) is 33.7 Å². The summed E-state index contributed by atoms with van der Waals surface area (Å²) < 4.78 is 157. The first kappa shape index (κ1) is 56.1. The maximum Gasteiger partial charge on any atom is 0.446 e. The van der Waals surface area contributed by atoms with Crippen molar-refractivity contribution in [2.45, 2.75) is 0 Å². The molecular weight excluding hydrogens is 1060 g/mol. The van der Waals surface area contributed by atoms with E-state index in [0.29, 0.717) is 48.9 Å². The monoisotopic (exact) mass is 1090 g/mol. The summed E-state index contributed by atoms with van der Waals surface area (Å²) in [5.41, 5.74) is 0.680. The Kier molecular flexibility index (Phi) is 15.7. The zero-order valence-electron chi connectivity index (χ0n) is 37.8. The SMILES string of the molecule is O=c1c2cc(Nc3cccc4c(OS(=O)(=O)O)c5ccccc5c(OS(=O)(=O)O)c34)ccc2c2ccc3[nH]c4c(ccc5c(OS(=O)(=O)O)c6ccccc6c(OS(=O)(=O)O)c54)c4ccc1c2c34.[Na].[Na].[Na].[Na]. The van der Waals surface area contributed by atoms with Crippen LogP contribution in [0.1, 0.15) is 0 Å². The zero-order chi connectivity index (χ0) is 47.8. The van der Waals surface area contributed by atoms with Crippen LogP contribution >= 0.6 is 0 Å². The summed E-state index contributed by atoms with van der Waals surface area (Å²) in [4.78, 5) is 17.9. The molecule has 1 heterocycles. The van der Waals surface area contributed by atoms with Crippen molar-refractivity contribution >= 4 is 268 Å². The van der Waals surface area contributed by atoms with Crippen LogP contribution in [0.3, 0.4) is 0 Å². The fourth-order valence-corrected chi connectivity index (χ4v) is 10.8. The zero-order valence-corrected chi connectivity index (χ0v) is 49.0. The Hall–Kier alpha value is -3.61. The van der Waals surface area contributed by atoms with Crippen LogP contribution in [0.25, 0.3) is 97.2 Å². The van der Waals surface area contributed by atoms with E-state index in [-0.39, 0.29) is 195 Å². The van der Waals surface area contributed by atoms with E-state index in [4.69, 9.17) is 16.7 Å². The van der Waals surface area contributed by atoms with Crippen LogP contribution in [0.5, 0.6) is 23.0 Å². The van der Waals surface area contributed by atoms with E-state index in [1.165, 1.54) is 72.8 Å². The number of aromatic nitrogens is 1. The van der Waals surface area contributed by atoms with Crippen LogP contribution in [-0.4, -0.2) is 175 Å². The minimum Gasteiger partial charge on any atom is -0.360 e. The fourth-order valence-electron chi connectivity index (χ4n) is 9.28. The Balaban J connectivity index is 0.00000190. The largest absolute Gasteiger partial charge is 0.446 e. The van der Waals surface area contributed by atoms with Gasteiger partial charge in [-0.05, 0) is 52.6 Å². The second kappa shape index (κ2) is 20.2. The molecule has 4 radical (unpaired) electrons. The molecule has 6 N–H and O–H groups in total. The third-order valence-corrected chi connectivity index (χ3v) is 13.1. The first-order valence-corrected chi connectivity index (χ1v) is 25.1. The van der Waals surface area contributed by atoms with Crippen molar-refractivity contribution in [2.75, 3.05) is 5.32 Å². The average molecular weight is 1090 g/mol. The number of anilines is 2. The number of aromatic amines is 1. The number of nitrogens with one attached hydrogen (secondary N) is 2. The molecule has 0 saturated carbocycles. The number of hydrogen-bond donors (Lipinski definition) is 6. The molecule has 0 amide bonds. The van der Waals surface area contributed by atoms with Crippen LogP contribution in [0, 0.1) is 0 Å². The van der Waals surface area contributed by atoms with Crippen molar-refractivity contribution in [3.05, 3.63) is 132 Å². The predicted molar refractivity (Wildman–Crippen MR) is 277 cm³/mol. The predicted octanol–water partition coefficient (Wildman–Crippen LogP) is 7.14. The number of H-pyrrole nitrogens is 1. The molecule has 72 heavy (non-hydrogen) atoms. The van der Waals surface area contributed by atoms with Gasteiger partial charge >= 0.3 is 41.6 Å². The molecular formula is C45H26N2Na4O17S4. The summed E-state index contributed by atoms with van der Waals surface area (Å²) in [6, 6.07) is 30.7. The van der Waals surface area contributed by atoms with Gasteiger partial charge in [-0.1, -0.05) is 84.9 Å². The van der Waals surface area contributed by atoms with Crippen molar-refractivity contribution in [2.24, 2.45) is 0 Å². The quantitative estimate of drug-likeness (QED) is 0.0343. The van der Waals surface area contributed by atoms with Gasteiger partial charge in [0.05, 0.1) is 22.0 Å². The second-order valence-corrected chi connectivity index (χ2v) is 19.6. The molecule has 19 nitrogen and oxygen atoms in total. The minimum absolute atomic E-state index is 0. The van der Waals surface area contributed by atoms with E-state index in [0.717, 1.165) is 0 Å². The first-order chi connectivity index (χ1) is 32.1. The Morgan fingerprint density at radius 3 is 1.35 bits per heavy atom. The molecule has 0 fully saturated rings.